The summed E-state index contributed by atoms with van der Waals surface area (Å²) in [4.78, 5) is 17.4. The molecule has 0 bridgehead atoms. The van der Waals surface area contributed by atoms with Gasteiger partial charge in [-0.3, -0.25) is 4.79 Å². The van der Waals surface area contributed by atoms with E-state index in [0.717, 1.165) is 28.3 Å². The maximum absolute atomic E-state index is 12.8. The van der Waals surface area contributed by atoms with Gasteiger partial charge in [-0.1, -0.05) is 17.7 Å². The zero-order chi connectivity index (χ0) is 23.8. The highest BCUT2D eigenvalue weighted by Crippen LogP contribution is 2.32. The minimum absolute atomic E-state index is 0.0884. The molecule has 1 fully saturated rings. The van der Waals surface area contributed by atoms with Crippen LogP contribution in [0.2, 0.25) is 0 Å². The van der Waals surface area contributed by atoms with E-state index < -0.39 is 10.0 Å². The molecule has 176 valence electrons. The van der Waals surface area contributed by atoms with Gasteiger partial charge in [0.25, 0.3) is 0 Å². The predicted octanol–water partition coefficient (Wildman–Crippen LogP) is 4.53. The van der Waals surface area contributed by atoms with E-state index in [4.69, 9.17) is 0 Å². The summed E-state index contributed by atoms with van der Waals surface area (Å²) in [6.45, 7) is 8.66. The van der Waals surface area contributed by atoms with Crippen molar-refractivity contribution in [3.05, 3.63) is 52.7 Å². The molecule has 33 heavy (non-hydrogen) atoms. The lowest BCUT2D eigenvalue weighted by Crippen LogP contribution is -2.42. The van der Waals surface area contributed by atoms with Gasteiger partial charge in [-0.2, -0.15) is 0 Å². The number of benzene rings is 1. The number of aromatic nitrogens is 2. The van der Waals surface area contributed by atoms with Crippen LogP contribution in [0.3, 0.4) is 0 Å². The van der Waals surface area contributed by atoms with Gasteiger partial charge in [-0.15, -0.1) is 11.3 Å². The number of nitrogens with one attached hydrogen (secondary N) is 1. The highest BCUT2D eigenvalue weighted by atomic mass is 32.2. The molecule has 0 unspecified atom stereocenters. The third-order valence-electron chi connectivity index (χ3n) is 6.32. The maximum atomic E-state index is 12.8. The number of nitrogens with zero attached hydrogens (tertiary/aromatic N) is 3. The van der Waals surface area contributed by atoms with Gasteiger partial charge >= 0.3 is 0 Å². The fourth-order valence-electron chi connectivity index (χ4n) is 4.35. The Morgan fingerprint density at radius 3 is 2.45 bits per heavy atom. The fraction of sp³-hybridized carbons (Fsp3) is 0.417. The molecule has 7 nitrogen and oxygen atoms in total. The van der Waals surface area contributed by atoms with Crippen molar-refractivity contribution < 1.29 is 13.2 Å². The normalized spacial score (nSPS) is 15.6. The van der Waals surface area contributed by atoms with Crippen molar-refractivity contribution in [1.29, 1.82) is 0 Å². The third kappa shape index (κ3) is 4.90. The molecule has 0 aliphatic carbocycles. The number of hydrogen-bond acceptors (Lipinski definition) is 5. The number of rotatable bonds is 6. The average molecular weight is 487 g/mol. The summed E-state index contributed by atoms with van der Waals surface area (Å²) in [6.07, 6.45) is 1.06. The molecule has 1 saturated heterocycles. The van der Waals surface area contributed by atoms with Crippen LogP contribution in [0.1, 0.15) is 36.7 Å². The summed E-state index contributed by atoms with van der Waals surface area (Å²) < 4.78 is 27.8. The standard InChI is InChI=1S/C24H30N4O3S2/c1-5-33(30,31)27-12-10-19(11-13-27)23(29)26-24-25-22(15-32-24)21-14-17(3)28(18(21)4)20-8-6-16(2)7-9-20/h6-9,14-15,19H,5,10-13H2,1-4H3,(H,25,26,29). The number of thiazole rings is 1. The highest BCUT2D eigenvalue weighted by molar-refractivity contribution is 7.89. The van der Waals surface area contributed by atoms with Crippen LogP contribution >= 0.6 is 11.3 Å². The lowest BCUT2D eigenvalue weighted by Gasteiger charge is -2.30. The molecular weight excluding hydrogens is 456 g/mol. The van der Waals surface area contributed by atoms with Crippen molar-refractivity contribution in [2.45, 2.75) is 40.5 Å². The molecule has 1 aliphatic rings. The van der Waals surface area contributed by atoms with Crippen molar-refractivity contribution in [2.24, 2.45) is 5.92 Å². The Balaban J connectivity index is 1.45. The first-order valence-corrected chi connectivity index (χ1v) is 13.7. The quantitative estimate of drug-likeness (QED) is 0.555. The molecule has 1 aliphatic heterocycles. The lowest BCUT2D eigenvalue weighted by molar-refractivity contribution is -0.120. The molecule has 1 amide bonds. The Morgan fingerprint density at radius 1 is 1.15 bits per heavy atom. The summed E-state index contributed by atoms with van der Waals surface area (Å²) >= 11 is 1.41. The first kappa shape index (κ1) is 23.7. The van der Waals surface area contributed by atoms with E-state index in [1.165, 1.54) is 21.2 Å². The van der Waals surface area contributed by atoms with Gasteiger partial charge in [-0.05, 0) is 58.7 Å². The van der Waals surface area contributed by atoms with E-state index in [1.807, 2.05) is 5.38 Å². The van der Waals surface area contributed by atoms with Gasteiger partial charge in [0.15, 0.2) is 5.13 Å². The summed E-state index contributed by atoms with van der Waals surface area (Å²) in [5.74, 6) is -0.196. The maximum Gasteiger partial charge on any atom is 0.229 e. The smallest absolute Gasteiger partial charge is 0.229 e. The number of aryl methyl sites for hydroxylation is 2. The zero-order valence-corrected chi connectivity index (χ0v) is 21.1. The Kier molecular flexibility index (Phi) is 6.74. The molecule has 0 saturated carbocycles. The number of piperidine rings is 1. The van der Waals surface area contributed by atoms with Gasteiger partial charge in [0.1, 0.15) is 0 Å². The molecule has 1 aromatic carbocycles. The van der Waals surface area contributed by atoms with E-state index >= 15 is 0 Å². The van der Waals surface area contributed by atoms with E-state index in [9.17, 15) is 13.2 Å². The van der Waals surface area contributed by atoms with Crippen LogP contribution in [0.4, 0.5) is 5.13 Å². The van der Waals surface area contributed by atoms with Gasteiger partial charge in [0, 0.05) is 47.0 Å². The molecule has 3 aromatic rings. The topological polar surface area (TPSA) is 84.3 Å². The second-order valence-corrected chi connectivity index (χ2v) is 11.7. The minimum atomic E-state index is -3.20. The van der Waals surface area contributed by atoms with Gasteiger partial charge in [-0.25, -0.2) is 17.7 Å². The summed E-state index contributed by atoms with van der Waals surface area (Å²) in [7, 11) is -3.20. The molecule has 0 atom stereocenters. The Hall–Kier alpha value is -2.49. The van der Waals surface area contributed by atoms with Gasteiger partial charge in [0.2, 0.25) is 15.9 Å². The van der Waals surface area contributed by atoms with E-state index in [0.29, 0.717) is 31.1 Å². The molecule has 1 N–H and O–H groups in total. The monoisotopic (exact) mass is 486 g/mol. The van der Waals surface area contributed by atoms with E-state index in [2.05, 4.69) is 66.0 Å². The number of hydrogen-bond donors (Lipinski definition) is 1. The average Bonchev–Trinajstić information content (AvgIpc) is 3.38. The van der Waals surface area contributed by atoms with Crippen molar-refractivity contribution in [3.8, 4) is 16.9 Å². The van der Waals surface area contributed by atoms with Crippen LogP contribution < -0.4 is 5.32 Å². The number of carbonyl (C=O) groups is 1. The van der Waals surface area contributed by atoms with Crippen LogP contribution in [-0.2, 0) is 14.8 Å². The van der Waals surface area contributed by atoms with Crippen molar-refractivity contribution >= 4 is 32.4 Å². The minimum Gasteiger partial charge on any atom is -0.318 e. The Morgan fingerprint density at radius 2 is 1.82 bits per heavy atom. The van der Waals surface area contributed by atoms with E-state index in [-0.39, 0.29) is 17.6 Å². The first-order chi connectivity index (χ1) is 15.7. The molecular formula is C24H30N4O3S2. The molecule has 0 spiro atoms. The zero-order valence-electron chi connectivity index (χ0n) is 19.5. The molecule has 4 rings (SSSR count). The first-order valence-electron chi connectivity index (χ1n) is 11.2. The highest BCUT2D eigenvalue weighted by Gasteiger charge is 2.30. The largest absolute Gasteiger partial charge is 0.318 e. The van der Waals surface area contributed by atoms with Crippen LogP contribution in [0.25, 0.3) is 16.9 Å². The Labute approximate surface area is 199 Å². The van der Waals surface area contributed by atoms with Crippen LogP contribution in [0.5, 0.6) is 0 Å². The van der Waals surface area contributed by atoms with Crippen LogP contribution in [0.15, 0.2) is 35.7 Å². The lowest BCUT2D eigenvalue weighted by atomic mass is 9.97. The molecule has 3 heterocycles. The third-order valence-corrected chi connectivity index (χ3v) is 8.96. The number of carbonyl (C=O) groups excluding carboxylic acids is 1. The van der Waals surface area contributed by atoms with Gasteiger partial charge < -0.3 is 9.88 Å². The molecule has 9 heteroatoms. The molecule has 0 radical (unpaired) electrons. The summed E-state index contributed by atoms with van der Waals surface area (Å²) in [5, 5.41) is 5.48. The van der Waals surface area contributed by atoms with Crippen LogP contribution in [0, 0.1) is 26.7 Å². The van der Waals surface area contributed by atoms with E-state index in [1.54, 1.807) is 6.92 Å². The predicted molar refractivity (Wildman–Crippen MR) is 133 cm³/mol. The number of sulfonamides is 1. The molecule has 2 aromatic heterocycles. The second-order valence-electron chi connectivity index (χ2n) is 8.56. The Bertz CT molecular complexity index is 1250. The summed E-state index contributed by atoms with van der Waals surface area (Å²) in [6, 6.07) is 10.6. The SMILES string of the molecule is CCS(=O)(=O)N1CCC(C(=O)Nc2nc(-c3cc(C)n(-c4ccc(C)cc4)c3C)cs2)CC1. The second kappa shape index (κ2) is 9.40. The number of amides is 1. The van der Waals surface area contributed by atoms with Crippen molar-refractivity contribution in [3.63, 3.8) is 0 Å². The van der Waals surface area contributed by atoms with Gasteiger partial charge in [0.05, 0.1) is 11.4 Å². The van der Waals surface area contributed by atoms with Crippen LogP contribution in [-0.4, -0.2) is 47.0 Å². The summed E-state index contributed by atoms with van der Waals surface area (Å²) in [5.41, 5.74) is 6.44. The van der Waals surface area contributed by atoms with Crippen molar-refractivity contribution in [1.82, 2.24) is 13.9 Å². The number of anilines is 1. The van der Waals surface area contributed by atoms with Crippen molar-refractivity contribution in [2.75, 3.05) is 24.2 Å². The fourth-order valence-corrected chi connectivity index (χ4v) is 6.20.